The summed E-state index contributed by atoms with van der Waals surface area (Å²) in [4.78, 5) is 39.5. The highest BCUT2D eigenvalue weighted by Gasteiger charge is 2.24. The number of nitrogens with zero attached hydrogens (tertiary/aromatic N) is 5. The first-order chi connectivity index (χ1) is 21.8. The first kappa shape index (κ1) is 33.5. The van der Waals surface area contributed by atoms with Gasteiger partial charge in [-0.2, -0.15) is 4.98 Å². The largest absolute Gasteiger partial charge is 0.495 e. The molecular weight excluding hydrogens is 572 g/mol. The molecule has 2 aromatic carbocycles. The van der Waals surface area contributed by atoms with E-state index in [4.69, 9.17) is 9.47 Å². The lowest BCUT2D eigenvalue weighted by molar-refractivity contribution is -0.134. The topological polar surface area (TPSA) is 120 Å². The second-order valence-corrected chi connectivity index (χ2v) is 11.2. The Morgan fingerprint density at radius 2 is 1.84 bits per heavy atom. The minimum atomic E-state index is -1.23. The van der Waals surface area contributed by atoms with Gasteiger partial charge < -0.3 is 29.7 Å². The van der Waals surface area contributed by atoms with Crippen molar-refractivity contribution in [2.75, 3.05) is 56.7 Å². The number of nitrogens with one attached hydrogen (secondary N) is 1. The number of rotatable bonds is 15. The van der Waals surface area contributed by atoms with Gasteiger partial charge in [-0.15, -0.1) is 0 Å². The number of benzene rings is 2. The Balaban J connectivity index is 1.44. The molecule has 1 saturated heterocycles. The Bertz CT molecular complexity index is 1410. The molecule has 1 unspecified atom stereocenters. The summed E-state index contributed by atoms with van der Waals surface area (Å²) in [6, 6.07) is 14.3. The molecule has 11 heteroatoms. The molecule has 0 saturated carbocycles. The molecule has 4 rings (SSSR count). The molecule has 2 N–H and O–H groups in total. The lowest BCUT2D eigenvalue weighted by Crippen LogP contribution is -2.35. The van der Waals surface area contributed by atoms with E-state index in [2.05, 4.69) is 20.2 Å². The van der Waals surface area contributed by atoms with Crippen LogP contribution in [0.3, 0.4) is 0 Å². The van der Waals surface area contributed by atoms with Crippen molar-refractivity contribution in [1.82, 2.24) is 19.8 Å². The monoisotopic (exact) mass is 618 g/mol. The van der Waals surface area contributed by atoms with Crippen molar-refractivity contribution < 1.29 is 24.2 Å². The Hall–Kier alpha value is -4.38. The number of hydrogen-bond acceptors (Lipinski definition) is 8. The van der Waals surface area contributed by atoms with E-state index < -0.39 is 6.09 Å². The Labute approximate surface area is 266 Å². The van der Waals surface area contributed by atoms with Crippen LogP contribution in [0, 0.1) is 5.92 Å². The third-order valence-electron chi connectivity index (χ3n) is 8.01. The number of piperidine rings is 1. The van der Waals surface area contributed by atoms with E-state index in [0.717, 1.165) is 34.9 Å². The van der Waals surface area contributed by atoms with Crippen LogP contribution in [-0.4, -0.2) is 83.3 Å². The van der Waals surface area contributed by atoms with Gasteiger partial charge in [0.1, 0.15) is 17.3 Å². The highest BCUT2D eigenvalue weighted by Crippen LogP contribution is 2.35. The molecule has 1 atom stereocenters. The van der Waals surface area contributed by atoms with Crippen molar-refractivity contribution in [2.24, 2.45) is 5.92 Å². The predicted molar refractivity (Wildman–Crippen MR) is 176 cm³/mol. The summed E-state index contributed by atoms with van der Waals surface area (Å²) in [5.41, 5.74) is 1.89. The van der Waals surface area contributed by atoms with Crippen LogP contribution in [-0.2, 0) is 11.2 Å². The van der Waals surface area contributed by atoms with E-state index in [1.54, 1.807) is 12.1 Å². The second-order valence-electron chi connectivity index (χ2n) is 11.2. The van der Waals surface area contributed by atoms with Gasteiger partial charge in [0, 0.05) is 49.6 Å². The lowest BCUT2D eigenvalue weighted by atomic mass is 9.99. The van der Waals surface area contributed by atoms with E-state index in [1.165, 1.54) is 51.7 Å². The maximum atomic E-state index is 12.8. The Morgan fingerprint density at radius 1 is 1.07 bits per heavy atom. The van der Waals surface area contributed by atoms with Crippen LogP contribution in [0.2, 0.25) is 0 Å². The zero-order chi connectivity index (χ0) is 32.2. The summed E-state index contributed by atoms with van der Waals surface area (Å²) in [7, 11) is 1.49. The fourth-order valence-corrected chi connectivity index (χ4v) is 5.63. The van der Waals surface area contributed by atoms with E-state index in [9.17, 15) is 14.7 Å². The van der Waals surface area contributed by atoms with Crippen molar-refractivity contribution in [3.63, 3.8) is 0 Å². The molecule has 0 bridgehead atoms. The SMILES string of the molecule is CCN(CC)C(=O)C(C)Cc1ccc(N(C(=O)O)c2ccnc(Nc3cccc(OCCCN4CCCCC4)c3)n2)c(OC)c1. The van der Waals surface area contributed by atoms with Crippen LogP contribution in [0.1, 0.15) is 52.0 Å². The standard InChI is InChI=1S/C34H46N6O5/c1-5-39(6-2)32(41)25(3)22-26-14-15-29(30(23-26)44-4)40(34(42)43)31-16-17-35-33(37-31)36-27-12-10-13-28(24-27)45-21-11-20-38-18-8-7-9-19-38/h10,12-17,23-25H,5-9,11,18-22H2,1-4H3,(H,42,43)(H,35,36,37). The molecule has 0 aliphatic carbocycles. The quantitative estimate of drug-likeness (QED) is 0.188. The molecule has 1 aliphatic rings. The molecule has 2 amide bonds. The molecule has 1 aliphatic heterocycles. The summed E-state index contributed by atoms with van der Waals surface area (Å²) in [6.07, 6.45) is 5.63. The maximum Gasteiger partial charge on any atom is 0.417 e. The summed E-state index contributed by atoms with van der Waals surface area (Å²) >= 11 is 0. The van der Waals surface area contributed by atoms with E-state index >= 15 is 0 Å². The normalized spacial score (nSPS) is 14.0. The third kappa shape index (κ3) is 9.31. The van der Waals surface area contributed by atoms with Gasteiger partial charge in [-0.25, -0.2) is 14.7 Å². The minimum absolute atomic E-state index is 0.0844. The van der Waals surface area contributed by atoms with Crippen LogP contribution in [0.25, 0.3) is 0 Å². The highest BCUT2D eigenvalue weighted by molar-refractivity contribution is 5.95. The van der Waals surface area contributed by atoms with Crippen molar-refractivity contribution in [2.45, 2.75) is 52.9 Å². The number of ether oxygens (including phenoxy) is 2. The number of carbonyl (C=O) groups is 2. The van der Waals surface area contributed by atoms with E-state index in [-0.39, 0.29) is 23.6 Å². The summed E-state index contributed by atoms with van der Waals surface area (Å²) < 4.78 is 11.6. The van der Waals surface area contributed by atoms with Crippen LogP contribution < -0.4 is 19.7 Å². The number of carbonyl (C=O) groups excluding carboxylic acids is 1. The summed E-state index contributed by atoms with van der Waals surface area (Å²) in [5.74, 6) is 1.34. The summed E-state index contributed by atoms with van der Waals surface area (Å²) in [5, 5.41) is 13.4. The predicted octanol–water partition coefficient (Wildman–Crippen LogP) is 6.35. The van der Waals surface area contributed by atoms with Gasteiger partial charge in [0.25, 0.3) is 0 Å². The number of methoxy groups -OCH3 is 1. The zero-order valence-electron chi connectivity index (χ0n) is 26.9. The molecule has 0 radical (unpaired) electrons. The van der Waals surface area contributed by atoms with Crippen molar-refractivity contribution >= 4 is 35.1 Å². The molecule has 1 aromatic heterocycles. The van der Waals surface area contributed by atoms with Crippen LogP contribution in [0.15, 0.2) is 54.7 Å². The molecule has 3 aromatic rings. The Kier molecular flexibility index (Phi) is 12.4. The number of anilines is 4. The fraction of sp³-hybridized carbons (Fsp3) is 0.471. The smallest absolute Gasteiger partial charge is 0.417 e. The number of likely N-dealkylation sites (tertiary alicyclic amines) is 1. The van der Waals surface area contributed by atoms with Crippen LogP contribution >= 0.6 is 0 Å². The zero-order valence-corrected chi connectivity index (χ0v) is 26.9. The number of amides is 2. The maximum absolute atomic E-state index is 12.8. The van der Waals surface area contributed by atoms with Crippen LogP contribution in [0.4, 0.5) is 27.9 Å². The number of hydrogen-bond donors (Lipinski definition) is 2. The van der Waals surface area contributed by atoms with Gasteiger partial charge in [-0.05, 0) is 82.4 Å². The minimum Gasteiger partial charge on any atom is -0.495 e. The third-order valence-corrected chi connectivity index (χ3v) is 8.01. The second kappa shape index (κ2) is 16.6. The Morgan fingerprint density at radius 3 is 2.56 bits per heavy atom. The number of carboxylic acid groups (broad SMARTS) is 1. The molecule has 1 fully saturated rings. The average molecular weight is 619 g/mol. The van der Waals surface area contributed by atoms with E-state index in [0.29, 0.717) is 37.6 Å². The van der Waals surface area contributed by atoms with Gasteiger partial charge in [0.15, 0.2) is 0 Å². The van der Waals surface area contributed by atoms with Crippen molar-refractivity contribution in [3.8, 4) is 11.5 Å². The first-order valence-corrected chi connectivity index (χ1v) is 15.9. The highest BCUT2D eigenvalue weighted by atomic mass is 16.5. The van der Waals surface area contributed by atoms with Crippen molar-refractivity contribution in [3.05, 3.63) is 60.3 Å². The van der Waals surface area contributed by atoms with Crippen LogP contribution in [0.5, 0.6) is 11.5 Å². The molecule has 0 spiro atoms. The van der Waals surface area contributed by atoms with Gasteiger partial charge in [-0.1, -0.05) is 25.5 Å². The molecule has 242 valence electrons. The number of aromatic nitrogens is 2. The summed E-state index contributed by atoms with van der Waals surface area (Å²) in [6.45, 7) is 11.2. The first-order valence-electron chi connectivity index (χ1n) is 15.9. The van der Waals surface area contributed by atoms with Gasteiger partial charge in [-0.3, -0.25) is 4.79 Å². The molecular formula is C34H46N6O5. The van der Waals surface area contributed by atoms with E-state index in [1.807, 2.05) is 56.0 Å². The van der Waals surface area contributed by atoms with Gasteiger partial charge >= 0.3 is 6.09 Å². The molecule has 2 heterocycles. The fourth-order valence-electron chi connectivity index (χ4n) is 5.63. The molecule has 45 heavy (non-hydrogen) atoms. The lowest BCUT2D eigenvalue weighted by Gasteiger charge is -2.26. The average Bonchev–Trinajstić information content (AvgIpc) is 3.05. The van der Waals surface area contributed by atoms with Gasteiger partial charge in [0.05, 0.1) is 19.4 Å². The molecule has 11 nitrogen and oxygen atoms in total. The van der Waals surface area contributed by atoms with Crippen molar-refractivity contribution in [1.29, 1.82) is 0 Å². The van der Waals surface area contributed by atoms with Gasteiger partial charge in [0.2, 0.25) is 11.9 Å².